The molecule has 2 heterocycles. The molecule has 5 rings (SSSR count). The molecule has 0 aromatic heterocycles. The molecule has 1 N–H and O–H groups in total. The molecule has 138 valence electrons. The summed E-state index contributed by atoms with van der Waals surface area (Å²) in [5.74, 6) is 1.36. The SMILES string of the molecule is O=S(=O)(Oc1ccc2c(c1)OC1CNCCC21)c1cccc2ccccc12. The number of ether oxygens (including phenoxy) is 1. The Hall–Kier alpha value is -2.57. The second kappa shape index (κ2) is 6.25. The Labute approximate surface area is 158 Å². The fourth-order valence-corrected chi connectivity index (χ4v) is 5.18. The van der Waals surface area contributed by atoms with Crippen molar-refractivity contribution in [2.45, 2.75) is 23.3 Å². The van der Waals surface area contributed by atoms with Gasteiger partial charge in [-0.15, -0.1) is 0 Å². The molecule has 27 heavy (non-hydrogen) atoms. The summed E-state index contributed by atoms with van der Waals surface area (Å²) in [6.07, 6.45) is 1.13. The Kier molecular flexibility index (Phi) is 3.84. The second-order valence-corrected chi connectivity index (χ2v) is 8.48. The molecule has 5 nitrogen and oxygen atoms in total. The van der Waals surface area contributed by atoms with Crippen molar-refractivity contribution in [1.82, 2.24) is 5.32 Å². The van der Waals surface area contributed by atoms with Crippen molar-refractivity contribution < 1.29 is 17.3 Å². The van der Waals surface area contributed by atoms with Gasteiger partial charge in [-0.2, -0.15) is 8.42 Å². The normalized spacial score (nSPS) is 21.3. The number of rotatable bonds is 3. The van der Waals surface area contributed by atoms with Crippen LogP contribution in [0, 0.1) is 0 Å². The Morgan fingerprint density at radius 1 is 1.04 bits per heavy atom. The highest BCUT2D eigenvalue weighted by molar-refractivity contribution is 7.87. The molecule has 2 aliphatic rings. The van der Waals surface area contributed by atoms with Crippen LogP contribution >= 0.6 is 0 Å². The fourth-order valence-electron chi connectivity index (χ4n) is 4.03. The Morgan fingerprint density at radius 2 is 1.89 bits per heavy atom. The zero-order valence-corrected chi connectivity index (χ0v) is 15.4. The van der Waals surface area contributed by atoms with Crippen LogP contribution in [0.1, 0.15) is 17.9 Å². The first-order chi connectivity index (χ1) is 13.1. The molecule has 3 aromatic rings. The molecular weight excluding hydrogens is 362 g/mol. The molecule has 0 spiro atoms. The van der Waals surface area contributed by atoms with Gasteiger partial charge in [-0.1, -0.05) is 42.5 Å². The topological polar surface area (TPSA) is 64.6 Å². The van der Waals surface area contributed by atoms with Crippen LogP contribution in [-0.4, -0.2) is 27.6 Å². The molecule has 2 unspecified atom stereocenters. The summed E-state index contributed by atoms with van der Waals surface area (Å²) in [6.45, 7) is 1.78. The monoisotopic (exact) mass is 381 g/mol. The minimum atomic E-state index is -3.95. The maximum atomic E-state index is 12.9. The van der Waals surface area contributed by atoms with Gasteiger partial charge in [0.15, 0.2) is 0 Å². The third-order valence-corrected chi connectivity index (χ3v) is 6.62. The van der Waals surface area contributed by atoms with Crippen molar-refractivity contribution in [3.8, 4) is 11.5 Å². The largest absolute Gasteiger partial charge is 0.488 e. The van der Waals surface area contributed by atoms with Crippen LogP contribution < -0.4 is 14.2 Å². The van der Waals surface area contributed by atoms with E-state index in [1.165, 1.54) is 0 Å². The molecule has 2 aliphatic heterocycles. The van der Waals surface area contributed by atoms with E-state index in [-0.39, 0.29) is 16.7 Å². The van der Waals surface area contributed by atoms with Crippen LogP contribution in [0.4, 0.5) is 0 Å². The molecule has 2 atom stereocenters. The van der Waals surface area contributed by atoms with E-state index in [0.717, 1.165) is 36.2 Å². The maximum absolute atomic E-state index is 12.9. The zero-order valence-electron chi connectivity index (χ0n) is 14.6. The van der Waals surface area contributed by atoms with Gasteiger partial charge in [0.2, 0.25) is 0 Å². The van der Waals surface area contributed by atoms with E-state index in [1.54, 1.807) is 30.3 Å². The smallest absolute Gasteiger partial charge is 0.339 e. The van der Waals surface area contributed by atoms with E-state index < -0.39 is 10.1 Å². The number of piperidine rings is 1. The van der Waals surface area contributed by atoms with E-state index in [2.05, 4.69) is 5.32 Å². The van der Waals surface area contributed by atoms with Gasteiger partial charge < -0.3 is 14.2 Å². The zero-order chi connectivity index (χ0) is 18.4. The highest BCUT2D eigenvalue weighted by atomic mass is 32.2. The number of fused-ring (bicyclic) bond motifs is 4. The third-order valence-electron chi connectivity index (χ3n) is 5.31. The van der Waals surface area contributed by atoms with Crippen LogP contribution in [-0.2, 0) is 10.1 Å². The van der Waals surface area contributed by atoms with Crippen molar-refractivity contribution in [3.63, 3.8) is 0 Å². The van der Waals surface area contributed by atoms with E-state index in [1.807, 2.05) is 30.3 Å². The molecule has 0 radical (unpaired) electrons. The summed E-state index contributed by atoms with van der Waals surface area (Å²) < 4.78 is 37.2. The first-order valence-corrected chi connectivity index (χ1v) is 10.5. The molecule has 0 bridgehead atoms. The number of hydrogen-bond donors (Lipinski definition) is 1. The second-order valence-electron chi connectivity index (χ2n) is 6.97. The summed E-state index contributed by atoms with van der Waals surface area (Å²) in [4.78, 5) is 0.167. The Morgan fingerprint density at radius 3 is 2.81 bits per heavy atom. The number of benzene rings is 3. The Bertz CT molecular complexity index is 1120. The van der Waals surface area contributed by atoms with Gasteiger partial charge in [-0.25, -0.2) is 0 Å². The van der Waals surface area contributed by atoms with Crippen LogP contribution in [0.15, 0.2) is 65.6 Å². The van der Waals surface area contributed by atoms with Gasteiger partial charge >= 0.3 is 10.1 Å². The number of hydrogen-bond acceptors (Lipinski definition) is 5. The molecule has 0 amide bonds. The van der Waals surface area contributed by atoms with E-state index >= 15 is 0 Å². The van der Waals surface area contributed by atoms with Gasteiger partial charge in [-0.3, -0.25) is 0 Å². The van der Waals surface area contributed by atoms with Gasteiger partial charge in [0.1, 0.15) is 22.5 Å². The van der Waals surface area contributed by atoms with Crippen molar-refractivity contribution in [2.24, 2.45) is 0 Å². The van der Waals surface area contributed by atoms with Gasteiger partial charge in [0.25, 0.3) is 0 Å². The molecule has 3 aromatic carbocycles. The first kappa shape index (κ1) is 16.6. The van der Waals surface area contributed by atoms with Crippen molar-refractivity contribution >= 4 is 20.9 Å². The molecule has 6 heteroatoms. The standard InChI is InChI=1S/C21H19NO4S/c23-27(24,21-7-3-5-14-4-1-2-6-16(14)21)26-15-8-9-17-18-10-11-22-13-20(18)25-19(17)12-15/h1-9,12,18,20,22H,10-11,13H2. The Balaban J connectivity index is 1.48. The van der Waals surface area contributed by atoms with Gasteiger partial charge in [-0.05, 0) is 30.5 Å². The van der Waals surface area contributed by atoms with E-state index in [4.69, 9.17) is 8.92 Å². The van der Waals surface area contributed by atoms with E-state index in [9.17, 15) is 8.42 Å². The lowest BCUT2D eigenvalue weighted by atomic mass is 9.90. The van der Waals surface area contributed by atoms with Crippen LogP contribution in [0.2, 0.25) is 0 Å². The average molecular weight is 381 g/mol. The van der Waals surface area contributed by atoms with Crippen LogP contribution in [0.3, 0.4) is 0 Å². The van der Waals surface area contributed by atoms with Crippen molar-refractivity contribution in [1.29, 1.82) is 0 Å². The highest BCUT2D eigenvalue weighted by Gasteiger charge is 2.36. The molecular formula is C21H19NO4S. The summed E-state index contributed by atoms with van der Waals surface area (Å²) >= 11 is 0. The minimum absolute atomic E-state index is 0.110. The number of nitrogens with one attached hydrogen (secondary N) is 1. The minimum Gasteiger partial charge on any atom is -0.488 e. The first-order valence-electron chi connectivity index (χ1n) is 9.05. The average Bonchev–Trinajstić information content (AvgIpc) is 3.05. The molecule has 0 saturated carbocycles. The van der Waals surface area contributed by atoms with Crippen LogP contribution in [0.25, 0.3) is 10.8 Å². The van der Waals surface area contributed by atoms with Gasteiger partial charge in [0, 0.05) is 29.5 Å². The van der Waals surface area contributed by atoms with E-state index in [0.29, 0.717) is 11.3 Å². The molecule has 1 saturated heterocycles. The lowest BCUT2D eigenvalue weighted by Crippen LogP contribution is -2.39. The fraction of sp³-hybridized carbons (Fsp3) is 0.238. The summed E-state index contributed by atoms with van der Waals surface area (Å²) in [5.41, 5.74) is 1.14. The summed E-state index contributed by atoms with van der Waals surface area (Å²) in [6, 6.07) is 17.9. The highest BCUT2D eigenvalue weighted by Crippen LogP contribution is 2.43. The van der Waals surface area contributed by atoms with Crippen molar-refractivity contribution in [3.05, 3.63) is 66.2 Å². The lowest BCUT2D eigenvalue weighted by Gasteiger charge is -2.24. The predicted molar refractivity (Wildman–Crippen MR) is 103 cm³/mol. The maximum Gasteiger partial charge on any atom is 0.339 e. The molecule has 0 aliphatic carbocycles. The quantitative estimate of drug-likeness (QED) is 0.704. The lowest BCUT2D eigenvalue weighted by molar-refractivity contribution is 0.176. The predicted octanol–water partition coefficient (Wildman–Crippen LogP) is 3.45. The summed E-state index contributed by atoms with van der Waals surface area (Å²) in [7, 11) is -3.95. The van der Waals surface area contributed by atoms with Gasteiger partial charge in [0.05, 0.1) is 0 Å². The van der Waals surface area contributed by atoms with Crippen molar-refractivity contribution in [2.75, 3.05) is 13.1 Å². The third kappa shape index (κ3) is 2.85. The van der Waals surface area contributed by atoms with Crippen LogP contribution in [0.5, 0.6) is 11.5 Å². The molecule has 1 fully saturated rings. The summed E-state index contributed by atoms with van der Waals surface area (Å²) in [5, 5.41) is 4.84.